The molecule has 0 saturated heterocycles. The quantitative estimate of drug-likeness (QED) is 0.802. The lowest BCUT2D eigenvalue weighted by Gasteiger charge is -2.03. The second-order valence-corrected chi connectivity index (χ2v) is 5.97. The Morgan fingerprint density at radius 2 is 2.22 bits per heavy atom. The van der Waals surface area contributed by atoms with Gasteiger partial charge in [-0.2, -0.15) is 0 Å². The van der Waals surface area contributed by atoms with Crippen LogP contribution in [-0.2, 0) is 6.54 Å². The topological polar surface area (TPSA) is 43.3 Å². The summed E-state index contributed by atoms with van der Waals surface area (Å²) in [5.41, 5.74) is 6.83. The van der Waals surface area contributed by atoms with Crippen LogP contribution in [0.2, 0.25) is 5.02 Å². The van der Waals surface area contributed by atoms with Crippen molar-refractivity contribution in [3.05, 3.63) is 46.6 Å². The van der Waals surface area contributed by atoms with E-state index in [1.807, 2.05) is 40.2 Å². The predicted molar refractivity (Wildman–Crippen MR) is 76.5 cm³/mol. The van der Waals surface area contributed by atoms with Crippen LogP contribution in [-0.4, -0.2) is 9.38 Å². The van der Waals surface area contributed by atoms with Crippen molar-refractivity contribution in [1.29, 1.82) is 0 Å². The van der Waals surface area contributed by atoms with E-state index in [2.05, 4.69) is 4.98 Å². The van der Waals surface area contributed by atoms with Crippen LogP contribution in [0.5, 0.6) is 0 Å². The van der Waals surface area contributed by atoms with Crippen LogP contribution >= 0.6 is 34.7 Å². The molecule has 2 N–H and O–H groups in total. The van der Waals surface area contributed by atoms with Gasteiger partial charge in [0.15, 0.2) is 4.96 Å². The van der Waals surface area contributed by atoms with Crippen LogP contribution in [0, 0.1) is 0 Å². The van der Waals surface area contributed by atoms with Crippen LogP contribution in [0.4, 0.5) is 0 Å². The Morgan fingerprint density at radius 1 is 1.39 bits per heavy atom. The fourth-order valence-electron chi connectivity index (χ4n) is 1.71. The molecule has 18 heavy (non-hydrogen) atoms. The molecule has 0 aliphatic carbocycles. The number of benzene rings is 1. The minimum absolute atomic E-state index is 0.463. The van der Waals surface area contributed by atoms with Crippen LogP contribution in [0.25, 0.3) is 4.96 Å². The SMILES string of the molecule is NCc1c(Sc2ccccc2Cl)nc2sccn12. The first kappa shape index (κ1) is 12.0. The van der Waals surface area contributed by atoms with Gasteiger partial charge in [-0.15, -0.1) is 11.3 Å². The number of aromatic nitrogens is 2. The Labute approximate surface area is 118 Å². The maximum Gasteiger partial charge on any atom is 0.194 e. The van der Waals surface area contributed by atoms with Crippen LogP contribution < -0.4 is 5.73 Å². The Morgan fingerprint density at radius 3 is 3.00 bits per heavy atom. The zero-order chi connectivity index (χ0) is 12.5. The highest BCUT2D eigenvalue weighted by atomic mass is 35.5. The normalized spacial score (nSPS) is 11.2. The number of imidazole rings is 1. The predicted octanol–water partition coefficient (Wildman–Crippen LogP) is 3.66. The van der Waals surface area contributed by atoms with Gasteiger partial charge in [0.2, 0.25) is 0 Å². The van der Waals surface area contributed by atoms with E-state index in [9.17, 15) is 0 Å². The molecule has 3 nitrogen and oxygen atoms in total. The van der Waals surface area contributed by atoms with Crippen molar-refractivity contribution in [2.75, 3.05) is 0 Å². The summed E-state index contributed by atoms with van der Waals surface area (Å²) in [7, 11) is 0. The van der Waals surface area contributed by atoms with Crippen molar-refractivity contribution in [2.45, 2.75) is 16.5 Å². The van der Waals surface area contributed by atoms with E-state index in [4.69, 9.17) is 17.3 Å². The van der Waals surface area contributed by atoms with Crippen molar-refractivity contribution in [2.24, 2.45) is 5.73 Å². The molecule has 0 aliphatic rings. The Bertz CT molecular complexity index is 690. The highest BCUT2D eigenvalue weighted by Gasteiger charge is 2.14. The highest BCUT2D eigenvalue weighted by Crippen LogP contribution is 2.35. The Hall–Kier alpha value is -1.01. The summed E-state index contributed by atoms with van der Waals surface area (Å²) in [6, 6.07) is 7.75. The lowest BCUT2D eigenvalue weighted by molar-refractivity contribution is 0.924. The fraction of sp³-hybridized carbons (Fsp3) is 0.0833. The summed E-state index contributed by atoms with van der Waals surface area (Å²) in [5, 5.41) is 3.67. The molecule has 3 aromatic rings. The molecular weight excluding hydrogens is 286 g/mol. The smallest absolute Gasteiger partial charge is 0.194 e. The number of hydrogen-bond acceptors (Lipinski definition) is 4. The van der Waals surface area contributed by atoms with E-state index in [0.29, 0.717) is 6.54 Å². The molecule has 2 heterocycles. The third-order valence-corrected chi connectivity index (χ3v) is 4.86. The van der Waals surface area contributed by atoms with Crippen LogP contribution in [0.1, 0.15) is 5.69 Å². The second-order valence-electron chi connectivity index (χ2n) is 3.66. The summed E-state index contributed by atoms with van der Waals surface area (Å²) in [6.45, 7) is 0.463. The fourth-order valence-corrected chi connectivity index (χ4v) is 3.71. The third kappa shape index (κ3) is 2.03. The standard InChI is InChI=1S/C12H10ClN3S2/c13-8-3-1-2-4-10(8)18-11-9(7-14)16-5-6-17-12(16)15-11/h1-6H,7,14H2. The molecule has 6 heteroatoms. The van der Waals surface area contributed by atoms with Gasteiger partial charge in [0, 0.05) is 23.0 Å². The van der Waals surface area contributed by atoms with E-state index < -0.39 is 0 Å². The van der Waals surface area contributed by atoms with Gasteiger partial charge in [0.1, 0.15) is 5.03 Å². The number of thiazole rings is 1. The molecule has 0 spiro atoms. The summed E-state index contributed by atoms with van der Waals surface area (Å²) in [6.07, 6.45) is 1.99. The first-order chi connectivity index (χ1) is 8.79. The van der Waals surface area contributed by atoms with E-state index in [1.165, 1.54) is 0 Å². The van der Waals surface area contributed by atoms with Crippen LogP contribution in [0.3, 0.4) is 0 Å². The Balaban J connectivity index is 2.04. The first-order valence-electron chi connectivity index (χ1n) is 5.36. The number of nitrogens with two attached hydrogens (primary N) is 1. The average molecular weight is 296 g/mol. The zero-order valence-electron chi connectivity index (χ0n) is 9.34. The molecule has 1 aromatic carbocycles. The lowest BCUT2D eigenvalue weighted by Crippen LogP contribution is -2.00. The van der Waals surface area contributed by atoms with E-state index in [1.54, 1.807) is 23.1 Å². The van der Waals surface area contributed by atoms with E-state index in [0.717, 1.165) is 25.6 Å². The number of fused-ring (bicyclic) bond motifs is 1. The first-order valence-corrected chi connectivity index (χ1v) is 7.44. The molecule has 0 radical (unpaired) electrons. The summed E-state index contributed by atoms with van der Waals surface area (Å²) in [4.78, 5) is 6.55. The third-order valence-electron chi connectivity index (χ3n) is 2.56. The van der Waals surface area contributed by atoms with Crippen molar-refractivity contribution >= 4 is 39.7 Å². The van der Waals surface area contributed by atoms with E-state index in [-0.39, 0.29) is 0 Å². The van der Waals surface area contributed by atoms with Gasteiger partial charge in [-0.3, -0.25) is 4.40 Å². The second kappa shape index (κ2) is 4.93. The van der Waals surface area contributed by atoms with Gasteiger partial charge < -0.3 is 5.73 Å². The molecule has 92 valence electrons. The number of nitrogens with zero attached hydrogens (tertiary/aromatic N) is 2. The van der Waals surface area contributed by atoms with Gasteiger partial charge in [0.25, 0.3) is 0 Å². The lowest BCUT2D eigenvalue weighted by atomic mass is 10.4. The van der Waals surface area contributed by atoms with Crippen LogP contribution in [0.15, 0.2) is 45.8 Å². The minimum Gasteiger partial charge on any atom is -0.325 e. The molecule has 2 aromatic heterocycles. The Kier molecular flexibility index (Phi) is 3.30. The molecule has 0 bridgehead atoms. The van der Waals surface area contributed by atoms with Crippen molar-refractivity contribution in [3.8, 4) is 0 Å². The maximum absolute atomic E-state index is 6.16. The number of rotatable bonds is 3. The minimum atomic E-state index is 0.463. The molecule has 0 amide bonds. The van der Waals surface area contributed by atoms with Gasteiger partial charge >= 0.3 is 0 Å². The summed E-state index contributed by atoms with van der Waals surface area (Å²) in [5.74, 6) is 0. The maximum atomic E-state index is 6.16. The monoisotopic (exact) mass is 295 g/mol. The summed E-state index contributed by atoms with van der Waals surface area (Å²) < 4.78 is 2.03. The van der Waals surface area contributed by atoms with Gasteiger partial charge in [-0.05, 0) is 12.1 Å². The average Bonchev–Trinajstić information content (AvgIpc) is 2.92. The molecule has 3 rings (SSSR count). The van der Waals surface area contributed by atoms with Gasteiger partial charge in [-0.1, -0.05) is 35.5 Å². The molecule has 0 saturated carbocycles. The van der Waals surface area contributed by atoms with Crippen molar-refractivity contribution < 1.29 is 0 Å². The van der Waals surface area contributed by atoms with Gasteiger partial charge in [-0.25, -0.2) is 4.98 Å². The number of halogens is 1. The van der Waals surface area contributed by atoms with Gasteiger partial charge in [0.05, 0.1) is 10.7 Å². The van der Waals surface area contributed by atoms with Crippen molar-refractivity contribution in [1.82, 2.24) is 9.38 Å². The van der Waals surface area contributed by atoms with Crippen molar-refractivity contribution in [3.63, 3.8) is 0 Å². The number of hydrogen-bond donors (Lipinski definition) is 1. The highest BCUT2D eigenvalue weighted by molar-refractivity contribution is 7.99. The molecular formula is C12H10ClN3S2. The molecule has 0 aliphatic heterocycles. The molecule has 0 fully saturated rings. The summed E-state index contributed by atoms with van der Waals surface area (Å²) >= 11 is 9.32. The zero-order valence-corrected chi connectivity index (χ0v) is 11.7. The largest absolute Gasteiger partial charge is 0.325 e. The molecule has 0 atom stereocenters. The molecule has 0 unspecified atom stereocenters. The van der Waals surface area contributed by atoms with E-state index >= 15 is 0 Å².